The Morgan fingerprint density at radius 2 is 1.90 bits per heavy atom. The summed E-state index contributed by atoms with van der Waals surface area (Å²) in [5.41, 5.74) is 2.52. The molecule has 1 aromatic carbocycles. The lowest BCUT2D eigenvalue weighted by atomic mass is 10.1. The molecule has 0 bridgehead atoms. The molecule has 0 N–H and O–H groups in total. The number of hydrogen-bond acceptors (Lipinski definition) is 1. The molecule has 10 heavy (non-hydrogen) atoms. The first-order valence-electron chi connectivity index (χ1n) is 3.23. The van der Waals surface area contributed by atoms with Gasteiger partial charge in [0.05, 0.1) is 0 Å². The number of rotatable bonds is 1. The van der Waals surface area contributed by atoms with E-state index in [1.54, 1.807) is 0 Å². The van der Waals surface area contributed by atoms with Gasteiger partial charge in [-0.15, -0.1) is 0 Å². The van der Waals surface area contributed by atoms with E-state index in [2.05, 4.69) is 21.0 Å². The van der Waals surface area contributed by atoms with Crippen LogP contribution in [-0.4, -0.2) is 0 Å². The normalized spacial score (nSPS) is 9.50. The van der Waals surface area contributed by atoms with Gasteiger partial charge < -0.3 is 4.74 Å². The predicted octanol–water partition coefficient (Wildman–Crippen LogP) is 2.47. The molecule has 0 aliphatic rings. The Hall–Kier alpha value is -0.980. The van der Waals surface area contributed by atoms with E-state index in [1.165, 1.54) is 11.1 Å². The third-order valence-electron chi connectivity index (χ3n) is 1.65. The van der Waals surface area contributed by atoms with Crippen molar-refractivity contribution in [3.63, 3.8) is 0 Å². The van der Waals surface area contributed by atoms with Crippen LogP contribution in [0.15, 0.2) is 18.2 Å². The van der Waals surface area contributed by atoms with Crippen molar-refractivity contribution < 1.29 is 4.74 Å². The first-order valence-corrected chi connectivity index (χ1v) is 3.23. The zero-order valence-corrected chi connectivity index (χ0v) is 6.35. The Labute approximate surface area is 61.6 Å². The minimum Gasteiger partial charge on any atom is -0.490 e. The lowest BCUT2D eigenvalue weighted by Crippen LogP contribution is -1.83. The molecule has 0 saturated heterocycles. The second-order valence-electron chi connectivity index (χ2n) is 2.39. The quantitative estimate of drug-likeness (QED) is 0.574. The van der Waals surface area contributed by atoms with Gasteiger partial charge in [0.2, 0.25) is 0 Å². The molecule has 0 atom stereocenters. The van der Waals surface area contributed by atoms with E-state index in [0.717, 1.165) is 5.75 Å². The van der Waals surface area contributed by atoms with E-state index in [-0.39, 0.29) is 0 Å². The van der Waals surface area contributed by atoms with Crippen molar-refractivity contribution in [1.29, 1.82) is 0 Å². The van der Waals surface area contributed by atoms with Crippen molar-refractivity contribution in [2.75, 3.05) is 0 Å². The number of ether oxygens (including phenoxy) is 1. The van der Waals surface area contributed by atoms with E-state index in [4.69, 9.17) is 4.74 Å². The molecule has 0 aliphatic carbocycles. The summed E-state index contributed by atoms with van der Waals surface area (Å²) in [5.74, 6) is 0.822. The molecule has 0 aromatic heterocycles. The molecule has 1 rings (SSSR count). The fourth-order valence-electron chi connectivity index (χ4n) is 0.804. The molecule has 0 aliphatic heterocycles. The second-order valence-corrected chi connectivity index (χ2v) is 2.39. The maximum Gasteiger partial charge on any atom is 0.122 e. The third-order valence-corrected chi connectivity index (χ3v) is 1.65. The fraction of sp³-hybridized carbons (Fsp3) is 0.222. The maximum atomic E-state index is 4.80. The molecule has 0 amide bonds. The highest BCUT2D eigenvalue weighted by Gasteiger charge is 1.93. The fourth-order valence-corrected chi connectivity index (χ4v) is 0.804. The smallest absolute Gasteiger partial charge is 0.122 e. The summed E-state index contributed by atoms with van der Waals surface area (Å²) in [6.45, 7) is 4.13. The van der Waals surface area contributed by atoms with E-state index >= 15 is 0 Å². The molecule has 1 radical (unpaired) electrons. The summed E-state index contributed by atoms with van der Waals surface area (Å²) in [7, 11) is 3.33. The summed E-state index contributed by atoms with van der Waals surface area (Å²) in [6, 6.07) is 5.91. The van der Waals surface area contributed by atoms with Crippen LogP contribution in [0, 0.1) is 21.0 Å². The van der Waals surface area contributed by atoms with Crippen molar-refractivity contribution in [2.45, 2.75) is 13.8 Å². The molecule has 0 unspecified atom stereocenters. The average Bonchev–Trinajstić information content (AvgIpc) is 1.95. The summed E-state index contributed by atoms with van der Waals surface area (Å²) < 4.78 is 4.80. The summed E-state index contributed by atoms with van der Waals surface area (Å²) in [5, 5.41) is 0. The monoisotopic (exact) mass is 135 g/mol. The molecule has 0 heterocycles. The van der Waals surface area contributed by atoms with Gasteiger partial charge in [-0.1, -0.05) is 6.07 Å². The minimum absolute atomic E-state index is 0.822. The maximum absolute atomic E-state index is 4.80. The minimum atomic E-state index is 0.822. The molecule has 0 saturated carbocycles. The highest BCUT2D eigenvalue weighted by Crippen LogP contribution is 2.15. The third kappa shape index (κ3) is 1.29. The largest absolute Gasteiger partial charge is 0.490 e. The first kappa shape index (κ1) is 7.13. The van der Waals surface area contributed by atoms with Gasteiger partial charge in [-0.05, 0) is 37.1 Å². The van der Waals surface area contributed by atoms with Gasteiger partial charge >= 0.3 is 0 Å². The standard InChI is InChI=1S/C9H11O/c1-7-4-5-9(10-3)6-8(7)2/h4-6H,3H2,1-2H3. The summed E-state index contributed by atoms with van der Waals surface area (Å²) in [4.78, 5) is 0. The molecular formula is C9H11O. The lowest BCUT2D eigenvalue weighted by molar-refractivity contribution is 0.472. The van der Waals surface area contributed by atoms with Crippen LogP contribution in [0.4, 0.5) is 0 Å². The zero-order chi connectivity index (χ0) is 7.56. The van der Waals surface area contributed by atoms with Crippen LogP contribution in [-0.2, 0) is 0 Å². The van der Waals surface area contributed by atoms with Crippen LogP contribution >= 0.6 is 0 Å². The summed E-state index contributed by atoms with van der Waals surface area (Å²) >= 11 is 0. The van der Waals surface area contributed by atoms with E-state index in [1.807, 2.05) is 18.2 Å². The molecule has 0 spiro atoms. The molecule has 53 valence electrons. The highest BCUT2D eigenvalue weighted by atomic mass is 16.5. The number of hydrogen-bond donors (Lipinski definition) is 0. The van der Waals surface area contributed by atoms with Crippen LogP contribution in [0.2, 0.25) is 0 Å². The van der Waals surface area contributed by atoms with Crippen molar-refractivity contribution in [1.82, 2.24) is 0 Å². The molecule has 1 nitrogen and oxygen atoms in total. The highest BCUT2D eigenvalue weighted by molar-refractivity contribution is 5.33. The first-order chi connectivity index (χ1) is 4.74. The van der Waals surface area contributed by atoms with Crippen molar-refractivity contribution >= 4 is 0 Å². The molecule has 1 aromatic rings. The SMILES string of the molecule is [CH2]Oc1ccc(C)c(C)c1. The average molecular weight is 135 g/mol. The van der Waals surface area contributed by atoms with Gasteiger partial charge in [-0.3, -0.25) is 0 Å². The lowest BCUT2D eigenvalue weighted by Gasteiger charge is -2.02. The van der Waals surface area contributed by atoms with Crippen LogP contribution in [0.1, 0.15) is 11.1 Å². The van der Waals surface area contributed by atoms with Crippen LogP contribution < -0.4 is 4.74 Å². The Kier molecular flexibility index (Phi) is 1.95. The van der Waals surface area contributed by atoms with E-state index < -0.39 is 0 Å². The summed E-state index contributed by atoms with van der Waals surface area (Å²) in [6.07, 6.45) is 0. The van der Waals surface area contributed by atoms with E-state index in [9.17, 15) is 0 Å². The number of benzene rings is 1. The van der Waals surface area contributed by atoms with E-state index in [0.29, 0.717) is 0 Å². The Morgan fingerprint density at radius 1 is 1.20 bits per heavy atom. The van der Waals surface area contributed by atoms with Gasteiger partial charge in [-0.2, -0.15) is 0 Å². The van der Waals surface area contributed by atoms with Gasteiger partial charge in [0, 0.05) is 0 Å². The van der Waals surface area contributed by atoms with Gasteiger partial charge in [0.1, 0.15) is 12.9 Å². The van der Waals surface area contributed by atoms with Crippen molar-refractivity contribution in [2.24, 2.45) is 0 Å². The second kappa shape index (κ2) is 2.74. The van der Waals surface area contributed by atoms with Crippen molar-refractivity contribution in [3.8, 4) is 5.75 Å². The van der Waals surface area contributed by atoms with Gasteiger partial charge in [0.15, 0.2) is 0 Å². The Bertz CT molecular complexity index is 228. The van der Waals surface area contributed by atoms with Gasteiger partial charge in [0.25, 0.3) is 0 Å². The molecule has 1 heteroatoms. The van der Waals surface area contributed by atoms with Crippen molar-refractivity contribution in [3.05, 3.63) is 36.4 Å². The Balaban J connectivity index is 3.04. The van der Waals surface area contributed by atoms with Crippen LogP contribution in [0.3, 0.4) is 0 Å². The topological polar surface area (TPSA) is 9.23 Å². The zero-order valence-electron chi connectivity index (χ0n) is 6.35. The van der Waals surface area contributed by atoms with Crippen LogP contribution in [0.5, 0.6) is 5.75 Å². The number of aryl methyl sites for hydroxylation is 2. The molecule has 0 fully saturated rings. The van der Waals surface area contributed by atoms with Gasteiger partial charge in [-0.25, -0.2) is 0 Å². The Morgan fingerprint density at radius 3 is 2.40 bits per heavy atom. The van der Waals surface area contributed by atoms with Crippen LogP contribution in [0.25, 0.3) is 0 Å². The molecular weight excluding hydrogens is 124 g/mol. The predicted molar refractivity (Wildman–Crippen MR) is 41.9 cm³/mol.